The van der Waals surface area contributed by atoms with Crippen molar-refractivity contribution in [1.29, 1.82) is 0 Å². The maximum absolute atomic E-state index is 13.6. The van der Waals surface area contributed by atoms with Crippen LogP contribution in [-0.2, 0) is 6.42 Å². The average Bonchev–Trinajstić information content (AvgIpc) is 2.37. The van der Waals surface area contributed by atoms with Crippen molar-refractivity contribution in [2.24, 2.45) is 5.84 Å². The molecule has 3 N–H and O–H groups in total. The lowest BCUT2D eigenvalue weighted by atomic mass is 10.0. The van der Waals surface area contributed by atoms with Gasteiger partial charge in [0.05, 0.1) is 11.7 Å². The van der Waals surface area contributed by atoms with Crippen LogP contribution in [0.3, 0.4) is 0 Å². The summed E-state index contributed by atoms with van der Waals surface area (Å²) in [7, 11) is 0. The van der Waals surface area contributed by atoms with Crippen LogP contribution < -0.4 is 11.3 Å². The minimum absolute atomic E-state index is 0.306. The molecular formula is C12H12BrFN4. The fourth-order valence-electron chi connectivity index (χ4n) is 1.69. The van der Waals surface area contributed by atoms with Crippen LogP contribution in [0.2, 0.25) is 0 Å². The molecule has 0 aliphatic carbocycles. The van der Waals surface area contributed by atoms with E-state index in [4.69, 9.17) is 5.84 Å². The van der Waals surface area contributed by atoms with Crippen LogP contribution in [0.25, 0.3) is 0 Å². The Labute approximate surface area is 113 Å². The van der Waals surface area contributed by atoms with Gasteiger partial charge in [-0.05, 0) is 46.1 Å². The van der Waals surface area contributed by atoms with Gasteiger partial charge in [-0.25, -0.2) is 4.39 Å². The Hall–Kier alpha value is -1.37. The topological polar surface area (TPSA) is 63.8 Å². The summed E-state index contributed by atoms with van der Waals surface area (Å²) in [5, 5.41) is 0. The highest BCUT2D eigenvalue weighted by atomic mass is 79.9. The van der Waals surface area contributed by atoms with Crippen molar-refractivity contribution < 1.29 is 4.39 Å². The summed E-state index contributed by atoms with van der Waals surface area (Å²) in [5.41, 5.74) is 3.83. The molecule has 0 amide bonds. The first-order valence-corrected chi connectivity index (χ1v) is 6.16. The molecule has 2 heterocycles. The lowest BCUT2D eigenvalue weighted by molar-refractivity contribution is 0.494. The van der Waals surface area contributed by atoms with E-state index in [1.807, 2.05) is 6.07 Å². The normalized spacial score (nSPS) is 12.4. The number of hydrogen-bond donors (Lipinski definition) is 2. The van der Waals surface area contributed by atoms with Crippen LogP contribution in [0.4, 0.5) is 4.39 Å². The molecule has 94 valence electrons. The van der Waals surface area contributed by atoms with Crippen molar-refractivity contribution in [1.82, 2.24) is 15.4 Å². The molecule has 4 nitrogen and oxygen atoms in total. The molecule has 2 aromatic rings. The van der Waals surface area contributed by atoms with E-state index >= 15 is 0 Å². The van der Waals surface area contributed by atoms with Crippen molar-refractivity contribution in [3.63, 3.8) is 0 Å². The lowest BCUT2D eigenvalue weighted by Gasteiger charge is -2.15. The van der Waals surface area contributed by atoms with E-state index in [0.717, 1.165) is 10.0 Å². The van der Waals surface area contributed by atoms with Crippen LogP contribution in [0, 0.1) is 5.82 Å². The van der Waals surface area contributed by atoms with E-state index < -0.39 is 0 Å². The third-order valence-corrected chi connectivity index (χ3v) is 2.95. The van der Waals surface area contributed by atoms with Crippen LogP contribution >= 0.6 is 15.9 Å². The zero-order valence-corrected chi connectivity index (χ0v) is 11.1. The number of halogens is 2. The lowest BCUT2D eigenvalue weighted by Crippen LogP contribution is -2.31. The summed E-state index contributed by atoms with van der Waals surface area (Å²) in [4.78, 5) is 8.08. The van der Waals surface area contributed by atoms with E-state index in [9.17, 15) is 4.39 Å². The van der Waals surface area contributed by atoms with Gasteiger partial charge in [0, 0.05) is 23.1 Å². The predicted molar refractivity (Wildman–Crippen MR) is 69.9 cm³/mol. The van der Waals surface area contributed by atoms with Gasteiger partial charge >= 0.3 is 0 Å². The molecule has 0 bridgehead atoms. The Kier molecular flexibility index (Phi) is 4.35. The average molecular weight is 311 g/mol. The highest BCUT2D eigenvalue weighted by Gasteiger charge is 2.16. The first-order valence-electron chi connectivity index (χ1n) is 5.36. The summed E-state index contributed by atoms with van der Waals surface area (Å²) in [5.74, 6) is 5.10. The quantitative estimate of drug-likeness (QED) is 0.671. The van der Waals surface area contributed by atoms with Gasteiger partial charge in [0.2, 0.25) is 0 Å². The van der Waals surface area contributed by atoms with E-state index in [1.54, 1.807) is 24.7 Å². The van der Waals surface area contributed by atoms with Crippen molar-refractivity contribution in [3.05, 3.63) is 58.3 Å². The molecular weight excluding hydrogens is 299 g/mol. The minimum Gasteiger partial charge on any atom is -0.271 e. The number of aromatic nitrogens is 2. The Morgan fingerprint density at radius 1 is 1.44 bits per heavy atom. The second kappa shape index (κ2) is 5.99. The number of nitrogens with two attached hydrogens (primary N) is 1. The predicted octanol–water partition coefficient (Wildman–Crippen LogP) is 2.13. The molecule has 0 saturated carbocycles. The minimum atomic E-state index is -0.387. The fourth-order valence-corrected chi connectivity index (χ4v) is 2.10. The summed E-state index contributed by atoms with van der Waals surface area (Å²) in [6, 6.07) is 4.44. The number of nitrogens with one attached hydrogen (secondary N) is 1. The molecule has 1 atom stereocenters. The van der Waals surface area contributed by atoms with E-state index in [1.165, 1.54) is 6.07 Å². The van der Waals surface area contributed by atoms with Crippen molar-refractivity contribution in [2.75, 3.05) is 0 Å². The molecule has 0 spiro atoms. The molecule has 0 radical (unpaired) electrons. The van der Waals surface area contributed by atoms with Crippen molar-refractivity contribution >= 4 is 15.9 Å². The van der Waals surface area contributed by atoms with Crippen molar-refractivity contribution in [3.8, 4) is 0 Å². The SMILES string of the molecule is NNC(Cc1cncc(Br)c1)c1ncccc1F. The first kappa shape index (κ1) is 13.1. The number of hydrogen-bond acceptors (Lipinski definition) is 4. The van der Waals surface area contributed by atoms with Crippen LogP contribution in [0.1, 0.15) is 17.3 Å². The molecule has 0 aliphatic rings. The maximum atomic E-state index is 13.6. The highest BCUT2D eigenvalue weighted by molar-refractivity contribution is 9.10. The summed E-state index contributed by atoms with van der Waals surface area (Å²) < 4.78 is 14.5. The second-order valence-corrected chi connectivity index (χ2v) is 4.72. The van der Waals surface area contributed by atoms with Crippen LogP contribution in [0.15, 0.2) is 41.3 Å². The number of nitrogens with zero attached hydrogens (tertiary/aromatic N) is 2. The Balaban J connectivity index is 2.23. The zero-order valence-electron chi connectivity index (χ0n) is 9.48. The maximum Gasteiger partial charge on any atom is 0.146 e. The van der Waals surface area contributed by atoms with Gasteiger partial charge in [0.15, 0.2) is 0 Å². The number of rotatable bonds is 4. The van der Waals surface area contributed by atoms with E-state index in [-0.39, 0.29) is 11.9 Å². The Bertz CT molecular complexity index is 535. The summed E-state index contributed by atoms with van der Waals surface area (Å²) in [6.45, 7) is 0. The molecule has 0 aliphatic heterocycles. The molecule has 0 aromatic carbocycles. The fraction of sp³-hybridized carbons (Fsp3) is 0.167. The summed E-state index contributed by atoms with van der Waals surface area (Å²) in [6.07, 6.45) is 5.46. The molecule has 2 rings (SSSR count). The highest BCUT2D eigenvalue weighted by Crippen LogP contribution is 2.19. The van der Waals surface area contributed by atoms with Gasteiger partial charge in [0.25, 0.3) is 0 Å². The Morgan fingerprint density at radius 3 is 2.94 bits per heavy atom. The second-order valence-electron chi connectivity index (χ2n) is 3.81. The molecule has 18 heavy (non-hydrogen) atoms. The van der Waals surface area contributed by atoms with Crippen LogP contribution in [0.5, 0.6) is 0 Å². The van der Waals surface area contributed by atoms with E-state index in [2.05, 4.69) is 31.3 Å². The zero-order chi connectivity index (χ0) is 13.0. The van der Waals surface area contributed by atoms with Gasteiger partial charge in [0.1, 0.15) is 5.82 Å². The van der Waals surface area contributed by atoms with Crippen LogP contribution in [-0.4, -0.2) is 9.97 Å². The van der Waals surface area contributed by atoms with Crippen molar-refractivity contribution in [2.45, 2.75) is 12.5 Å². The molecule has 2 aromatic heterocycles. The monoisotopic (exact) mass is 310 g/mol. The van der Waals surface area contributed by atoms with Gasteiger partial charge in [-0.3, -0.25) is 21.2 Å². The molecule has 1 unspecified atom stereocenters. The smallest absolute Gasteiger partial charge is 0.146 e. The third-order valence-electron chi connectivity index (χ3n) is 2.52. The largest absolute Gasteiger partial charge is 0.271 e. The molecule has 0 saturated heterocycles. The standard InChI is InChI=1S/C12H12BrFN4/c13-9-4-8(6-16-7-9)5-11(18-15)12-10(14)2-1-3-17-12/h1-4,6-7,11,18H,5,15H2. The van der Waals surface area contributed by atoms with Gasteiger partial charge in [-0.1, -0.05) is 0 Å². The van der Waals surface area contributed by atoms with Gasteiger partial charge < -0.3 is 0 Å². The first-order chi connectivity index (χ1) is 8.70. The third kappa shape index (κ3) is 3.10. The van der Waals surface area contributed by atoms with E-state index in [0.29, 0.717) is 12.1 Å². The number of hydrazine groups is 1. The number of pyridine rings is 2. The molecule has 6 heteroatoms. The van der Waals surface area contributed by atoms with Gasteiger partial charge in [-0.2, -0.15) is 0 Å². The Morgan fingerprint density at radius 2 is 2.28 bits per heavy atom. The molecule has 0 fully saturated rings. The van der Waals surface area contributed by atoms with Gasteiger partial charge in [-0.15, -0.1) is 0 Å². The summed E-state index contributed by atoms with van der Waals surface area (Å²) >= 11 is 3.34.